The van der Waals surface area contributed by atoms with Crippen LogP contribution in [0.3, 0.4) is 0 Å². The van der Waals surface area contributed by atoms with Crippen LogP contribution < -0.4 is 5.32 Å². The lowest BCUT2D eigenvalue weighted by molar-refractivity contribution is -0.124. The number of hydrogen-bond donors (Lipinski definition) is 2. The van der Waals surface area contributed by atoms with Crippen molar-refractivity contribution < 1.29 is 19.4 Å². The van der Waals surface area contributed by atoms with Crippen LogP contribution in [0.2, 0.25) is 0 Å². The largest absolute Gasteiger partial charge is 0.494 e. The lowest BCUT2D eigenvalue weighted by Crippen LogP contribution is -2.48. The van der Waals surface area contributed by atoms with Crippen LogP contribution in [0, 0.1) is 0 Å². The zero-order valence-corrected chi connectivity index (χ0v) is 8.49. The summed E-state index contributed by atoms with van der Waals surface area (Å²) in [4.78, 5) is 11.5. The van der Waals surface area contributed by atoms with Gasteiger partial charge >= 0.3 is 0 Å². The maximum atomic E-state index is 11.5. The van der Waals surface area contributed by atoms with Crippen molar-refractivity contribution >= 4 is 5.91 Å². The highest BCUT2D eigenvalue weighted by atomic mass is 16.6. The smallest absolute Gasteiger partial charge is 0.289 e. The monoisotopic (exact) mass is 213 g/mol. The Morgan fingerprint density at radius 3 is 2.87 bits per heavy atom. The van der Waals surface area contributed by atoms with Gasteiger partial charge in [-0.3, -0.25) is 4.79 Å². The lowest BCUT2D eigenvalue weighted by Gasteiger charge is -2.36. The van der Waals surface area contributed by atoms with Crippen molar-refractivity contribution in [2.75, 3.05) is 19.8 Å². The number of hydrogen-bond acceptors (Lipinski definition) is 4. The number of rotatable bonds is 3. The van der Waals surface area contributed by atoms with E-state index in [-0.39, 0.29) is 18.2 Å². The summed E-state index contributed by atoms with van der Waals surface area (Å²) in [5.41, 5.74) is -0.703. The molecule has 1 aliphatic carbocycles. The van der Waals surface area contributed by atoms with E-state index in [0.717, 1.165) is 19.3 Å². The minimum absolute atomic E-state index is 0.184. The first-order valence-electron chi connectivity index (χ1n) is 5.15. The Kier molecular flexibility index (Phi) is 2.81. The van der Waals surface area contributed by atoms with Gasteiger partial charge in [0.1, 0.15) is 19.5 Å². The molecule has 0 unspecified atom stereocenters. The molecule has 0 radical (unpaired) electrons. The lowest BCUT2D eigenvalue weighted by atomic mass is 9.80. The molecule has 5 heteroatoms. The molecular formula is C10H15NO4. The molecule has 0 bridgehead atoms. The Morgan fingerprint density at radius 1 is 1.53 bits per heavy atom. The standard InChI is InChI=1S/C10H15NO4/c12-9(8-6-14-4-5-15-8)11-7-10(13)2-1-3-10/h6,13H,1-5,7H2,(H,11,12). The first-order chi connectivity index (χ1) is 7.20. The molecule has 0 aromatic rings. The molecule has 2 N–H and O–H groups in total. The van der Waals surface area contributed by atoms with E-state index >= 15 is 0 Å². The summed E-state index contributed by atoms with van der Waals surface area (Å²) in [6.07, 6.45) is 3.84. The zero-order valence-electron chi connectivity index (χ0n) is 8.49. The summed E-state index contributed by atoms with van der Waals surface area (Å²) in [7, 11) is 0. The minimum Gasteiger partial charge on any atom is -0.494 e. The van der Waals surface area contributed by atoms with Crippen molar-refractivity contribution in [1.82, 2.24) is 5.32 Å². The third-order valence-electron chi connectivity index (χ3n) is 2.74. The van der Waals surface area contributed by atoms with E-state index in [9.17, 15) is 9.90 Å². The fourth-order valence-electron chi connectivity index (χ4n) is 1.58. The predicted molar refractivity (Wildman–Crippen MR) is 51.8 cm³/mol. The van der Waals surface area contributed by atoms with Crippen molar-refractivity contribution in [3.8, 4) is 0 Å². The Bertz CT molecular complexity index is 283. The first-order valence-corrected chi connectivity index (χ1v) is 5.15. The molecule has 1 heterocycles. The van der Waals surface area contributed by atoms with Crippen LogP contribution in [-0.4, -0.2) is 36.4 Å². The summed E-state index contributed by atoms with van der Waals surface area (Å²) in [6.45, 7) is 1.15. The molecule has 0 aromatic heterocycles. The highest BCUT2D eigenvalue weighted by Gasteiger charge is 2.34. The van der Waals surface area contributed by atoms with Crippen molar-refractivity contribution in [1.29, 1.82) is 0 Å². The van der Waals surface area contributed by atoms with Gasteiger partial charge in [0, 0.05) is 6.54 Å². The second-order valence-electron chi connectivity index (χ2n) is 3.96. The molecule has 0 atom stereocenters. The highest BCUT2D eigenvalue weighted by Crippen LogP contribution is 2.30. The van der Waals surface area contributed by atoms with Gasteiger partial charge in [-0.2, -0.15) is 0 Å². The van der Waals surface area contributed by atoms with E-state index in [1.807, 2.05) is 0 Å². The molecule has 1 fully saturated rings. The van der Waals surface area contributed by atoms with E-state index < -0.39 is 5.60 Å². The Hall–Kier alpha value is -1.23. The number of nitrogens with one attached hydrogen (secondary N) is 1. The Labute approximate surface area is 88.1 Å². The van der Waals surface area contributed by atoms with Gasteiger partial charge in [-0.05, 0) is 19.3 Å². The number of ether oxygens (including phenoxy) is 2. The van der Waals surface area contributed by atoms with Gasteiger partial charge in [0.25, 0.3) is 5.91 Å². The molecule has 0 spiro atoms. The topological polar surface area (TPSA) is 67.8 Å². The molecule has 0 saturated heterocycles. The molecule has 1 amide bonds. The molecule has 2 aliphatic rings. The second-order valence-corrected chi connectivity index (χ2v) is 3.96. The maximum absolute atomic E-state index is 11.5. The van der Waals surface area contributed by atoms with Crippen molar-refractivity contribution in [3.05, 3.63) is 12.0 Å². The molecular weight excluding hydrogens is 198 g/mol. The van der Waals surface area contributed by atoms with Gasteiger partial charge < -0.3 is 19.9 Å². The van der Waals surface area contributed by atoms with Crippen LogP contribution in [-0.2, 0) is 14.3 Å². The van der Waals surface area contributed by atoms with Gasteiger partial charge in [-0.15, -0.1) is 0 Å². The van der Waals surface area contributed by atoms with E-state index in [4.69, 9.17) is 9.47 Å². The number of amides is 1. The molecule has 1 saturated carbocycles. The van der Waals surface area contributed by atoms with Gasteiger partial charge in [0.2, 0.25) is 5.76 Å². The average molecular weight is 213 g/mol. The van der Waals surface area contributed by atoms with Gasteiger partial charge in [-0.25, -0.2) is 0 Å². The Morgan fingerprint density at radius 2 is 2.33 bits per heavy atom. The molecule has 1 aliphatic heterocycles. The van der Waals surface area contributed by atoms with Gasteiger partial charge in [0.05, 0.1) is 5.60 Å². The summed E-state index contributed by atoms with van der Waals surface area (Å²) >= 11 is 0. The Balaban J connectivity index is 1.79. The fourth-order valence-corrected chi connectivity index (χ4v) is 1.58. The maximum Gasteiger partial charge on any atom is 0.289 e. The van der Waals surface area contributed by atoms with Crippen molar-refractivity contribution in [3.63, 3.8) is 0 Å². The van der Waals surface area contributed by atoms with Crippen LogP contribution in [0.25, 0.3) is 0 Å². The van der Waals surface area contributed by atoms with Crippen LogP contribution in [0.1, 0.15) is 19.3 Å². The van der Waals surface area contributed by atoms with Crippen molar-refractivity contribution in [2.24, 2.45) is 0 Å². The number of carbonyl (C=O) groups is 1. The third-order valence-corrected chi connectivity index (χ3v) is 2.74. The quantitative estimate of drug-likeness (QED) is 0.687. The van der Waals surface area contributed by atoms with Gasteiger partial charge in [-0.1, -0.05) is 0 Å². The molecule has 15 heavy (non-hydrogen) atoms. The van der Waals surface area contributed by atoms with E-state index in [1.54, 1.807) is 0 Å². The van der Waals surface area contributed by atoms with Crippen LogP contribution >= 0.6 is 0 Å². The summed E-state index contributed by atoms with van der Waals surface area (Å²) < 4.78 is 10.1. The van der Waals surface area contributed by atoms with Gasteiger partial charge in [0.15, 0.2) is 0 Å². The fraction of sp³-hybridized carbons (Fsp3) is 0.700. The van der Waals surface area contributed by atoms with E-state index in [2.05, 4.69) is 5.32 Å². The van der Waals surface area contributed by atoms with E-state index in [0.29, 0.717) is 13.2 Å². The van der Waals surface area contributed by atoms with E-state index in [1.165, 1.54) is 6.26 Å². The van der Waals surface area contributed by atoms with Crippen LogP contribution in [0.15, 0.2) is 12.0 Å². The molecule has 84 valence electrons. The SMILES string of the molecule is O=C(NCC1(O)CCC1)C1=COCCO1. The van der Waals surface area contributed by atoms with Crippen LogP contribution in [0.4, 0.5) is 0 Å². The summed E-state index contributed by atoms with van der Waals surface area (Å²) in [5, 5.41) is 12.4. The summed E-state index contributed by atoms with van der Waals surface area (Å²) in [5.74, 6) is -0.140. The average Bonchev–Trinajstić information content (AvgIpc) is 2.24. The zero-order chi connectivity index (χ0) is 10.7. The predicted octanol–water partition coefficient (Wildman–Crippen LogP) is -0.0942. The summed E-state index contributed by atoms with van der Waals surface area (Å²) in [6, 6.07) is 0. The minimum atomic E-state index is -0.703. The first kappa shape index (κ1) is 10.3. The molecule has 0 aromatic carbocycles. The second kappa shape index (κ2) is 4.10. The highest BCUT2D eigenvalue weighted by molar-refractivity contribution is 5.91. The normalized spacial score (nSPS) is 22.9. The number of carbonyl (C=O) groups excluding carboxylic acids is 1. The number of aliphatic hydroxyl groups is 1. The van der Waals surface area contributed by atoms with Crippen molar-refractivity contribution in [2.45, 2.75) is 24.9 Å². The van der Waals surface area contributed by atoms with Crippen LogP contribution in [0.5, 0.6) is 0 Å². The molecule has 2 rings (SSSR count). The molecule has 5 nitrogen and oxygen atoms in total. The third kappa shape index (κ3) is 2.41.